The number of hydrogen-bond acceptors (Lipinski definition) is 3. The van der Waals surface area contributed by atoms with Crippen LogP contribution in [0.4, 0.5) is 0 Å². The van der Waals surface area contributed by atoms with Gasteiger partial charge in [0.05, 0.1) is 24.5 Å². The molecule has 3 heterocycles. The third-order valence-corrected chi connectivity index (χ3v) is 6.70. The Balaban J connectivity index is 1.83. The van der Waals surface area contributed by atoms with Crippen LogP contribution in [0.2, 0.25) is 0 Å². The van der Waals surface area contributed by atoms with Gasteiger partial charge < -0.3 is 9.30 Å². The number of halogens is 1. The molecule has 154 valence electrons. The Morgan fingerprint density at radius 3 is 2.71 bits per heavy atom. The van der Waals surface area contributed by atoms with E-state index in [1.807, 2.05) is 17.1 Å². The van der Waals surface area contributed by atoms with Gasteiger partial charge in [-0.15, -0.1) is 0 Å². The van der Waals surface area contributed by atoms with Crippen LogP contribution in [0.1, 0.15) is 32.7 Å². The van der Waals surface area contributed by atoms with Gasteiger partial charge >= 0.3 is 0 Å². The Kier molecular flexibility index (Phi) is 6.89. The summed E-state index contributed by atoms with van der Waals surface area (Å²) in [6, 6.07) is 2.53. The van der Waals surface area contributed by atoms with Crippen LogP contribution in [0.15, 0.2) is 35.5 Å². The van der Waals surface area contributed by atoms with E-state index in [0.717, 1.165) is 40.9 Å². The minimum atomic E-state index is -0.523. The predicted molar refractivity (Wildman–Crippen MR) is 124 cm³/mol. The molecule has 0 radical (unpaired) electrons. The fourth-order valence-corrected chi connectivity index (χ4v) is 4.26. The average Bonchev–Trinajstić information content (AvgIpc) is 3.22. The first-order valence-corrected chi connectivity index (χ1v) is 13.5. The molecule has 0 aromatic carbocycles. The third-order valence-electron chi connectivity index (χ3n) is 4.88. The van der Waals surface area contributed by atoms with Crippen molar-refractivity contribution in [2.75, 3.05) is 31.1 Å². The molecule has 0 fully saturated rings. The second-order valence-corrected chi connectivity index (χ2v) is 13.6. The van der Waals surface area contributed by atoms with Crippen LogP contribution in [0, 0.1) is 0 Å². The lowest BCUT2D eigenvalue weighted by molar-refractivity contribution is 0.0809. The number of ether oxygens (including phenoxy) is 1. The summed E-state index contributed by atoms with van der Waals surface area (Å²) < 4.78 is 10.9. The quantitative estimate of drug-likeness (QED) is 0.300. The van der Waals surface area contributed by atoms with Crippen molar-refractivity contribution in [3.63, 3.8) is 0 Å². The smallest absolute Gasteiger partial charge is 0.139 e. The van der Waals surface area contributed by atoms with E-state index in [2.05, 4.69) is 81.7 Å². The van der Waals surface area contributed by atoms with Crippen molar-refractivity contribution in [3.05, 3.63) is 35.5 Å². The summed E-state index contributed by atoms with van der Waals surface area (Å²) in [7, 11) is -0.523. The Labute approximate surface area is 177 Å². The summed E-state index contributed by atoms with van der Waals surface area (Å²) in [5.74, 6) is 1.12. The summed E-state index contributed by atoms with van der Waals surface area (Å²) in [5.41, 5.74) is 3.46. The molecule has 0 saturated carbocycles. The predicted octanol–water partition coefficient (Wildman–Crippen LogP) is 5.69. The van der Waals surface area contributed by atoms with Crippen molar-refractivity contribution in [1.82, 2.24) is 19.3 Å². The van der Waals surface area contributed by atoms with Gasteiger partial charge in [0.2, 0.25) is 0 Å². The van der Waals surface area contributed by atoms with Crippen LogP contribution >= 0.6 is 26.0 Å². The molecule has 3 rings (SSSR count). The minimum Gasteiger partial charge on any atom is -0.358 e. The molecular formula is C21H31BrN4OS. The number of aromatic nitrogens is 4. The van der Waals surface area contributed by atoms with Crippen LogP contribution in [-0.2, 0) is 11.5 Å². The van der Waals surface area contributed by atoms with Gasteiger partial charge in [-0.1, -0.05) is 13.3 Å². The second kappa shape index (κ2) is 9.01. The maximum Gasteiger partial charge on any atom is 0.139 e. The summed E-state index contributed by atoms with van der Waals surface area (Å²) in [6.07, 6.45) is 17.4. The number of nitrogens with zero attached hydrogens (tertiary/aromatic N) is 4. The number of fused-ring (bicyclic) bond motifs is 1. The molecule has 0 spiro atoms. The van der Waals surface area contributed by atoms with Gasteiger partial charge in [0.15, 0.2) is 0 Å². The molecule has 0 aliphatic heterocycles. The molecule has 0 amide bonds. The topological polar surface area (TPSA) is 44.9 Å². The first kappa shape index (κ1) is 21.4. The maximum absolute atomic E-state index is 5.83. The number of hydrogen-bond donors (Lipinski definition) is 0. The van der Waals surface area contributed by atoms with Crippen molar-refractivity contribution >= 4 is 36.9 Å². The highest BCUT2D eigenvalue weighted by Crippen LogP contribution is 2.35. The highest BCUT2D eigenvalue weighted by atomic mass is 79.9. The Morgan fingerprint density at radius 2 is 2.00 bits per heavy atom. The van der Waals surface area contributed by atoms with Crippen molar-refractivity contribution < 1.29 is 4.74 Å². The van der Waals surface area contributed by atoms with Crippen molar-refractivity contribution in [2.45, 2.75) is 39.5 Å². The summed E-state index contributed by atoms with van der Waals surface area (Å²) in [5, 5.41) is 5.70. The summed E-state index contributed by atoms with van der Waals surface area (Å²) in [4.78, 5) is 4.45. The maximum atomic E-state index is 5.83. The minimum absolute atomic E-state index is 0.433. The molecule has 0 aliphatic rings. The van der Waals surface area contributed by atoms with Crippen molar-refractivity contribution in [2.24, 2.45) is 0 Å². The molecule has 7 heteroatoms. The van der Waals surface area contributed by atoms with Crippen LogP contribution in [0.3, 0.4) is 0 Å². The lowest BCUT2D eigenvalue weighted by Crippen LogP contribution is -2.10. The van der Waals surface area contributed by atoms with Gasteiger partial charge in [-0.25, -0.2) is 19.7 Å². The summed E-state index contributed by atoms with van der Waals surface area (Å²) in [6.45, 7) is 5.76. The van der Waals surface area contributed by atoms with Gasteiger partial charge in [0.25, 0.3) is 0 Å². The first-order valence-electron chi connectivity index (χ1n) is 9.71. The Hall–Kier alpha value is -1.31. The van der Waals surface area contributed by atoms with Gasteiger partial charge in [-0.3, -0.25) is 0 Å². The number of pyridine rings is 1. The molecule has 0 saturated heterocycles. The van der Waals surface area contributed by atoms with Crippen LogP contribution < -0.4 is 0 Å². The van der Waals surface area contributed by atoms with E-state index in [1.165, 1.54) is 10.9 Å². The van der Waals surface area contributed by atoms with Crippen molar-refractivity contribution in [3.8, 4) is 11.1 Å². The van der Waals surface area contributed by atoms with E-state index in [-0.39, 0.29) is 0 Å². The zero-order valence-electron chi connectivity index (χ0n) is 17.5. The second-order valence-electron chi connectivity index (χ2n) is 8.21. The molecule has 5 nitrogen and oxygen atoms in total. The normalized spacial score (nSPS) is 13.9. The lowest BCUT2D eigenvalue weighted by atomic mass is 10.1. The van der Waals surface area contributed by atoms with Crippen LogP contribution in [-0.4, -0.2) is 50.5 Å². The van der Waals surface area contributed by atoms with Gasteiger partial charge in [0.1, 0.15) is 11.3 Å². The molecule has 1 unspecified atom stereocenters. The van der Waals surface area contributed by atoms with Gasteiger partial charge in [-0.05, 0) is 54.1 Å². The molecule has 0 N–H and O–H groups in total. The highest BCUT2D eigenvalue weighted by Gasteiger charge is 2.16. The zero-order valence-corrected chi connectivity index (χ0v) is 19.9. The molecule has 28 heavy (non-hydrogen) atoms. The lowest BCUT2D eigenvalue weighted by Gasteiger charge is -2.24. The Morgan fingerprint density at radius 1 is 1.21 bits per heavy atom. The monoisotopic (exact) mass is 466 g/mol. The molecular weight excluding hydrogens is 436 g/mol. The summed E-state index contributed by atoms with van der Waals surface area (Å²) >= 11 is 3.52. The number of rotatable bonds is 9. The van der Waals surface area contributed by atoms with E-state index in [9.17, 15) is 0 Å². The van der Waals surface area contributed by atoms with E-state index in [4.69, 9.17) is 4.74 Å². The van der Waals surface area contributed by atoms with Crippen LogP contribution in [0.5, 0.6) is 0 Å². The standard InChI is InChI=1S/C21H31BrN4OS/c1-6-7-16(2)26-14-19(18-10-21(22)23-12-20(18)26)17-11-24-25(13-17)15-27-8-9-28(3,4)5/h10-14,16H,6-9,15H2,1-5H3. The van der Waals surface area contributed by atoms with E-state index in [0.29, 0.717) is 12.8 Å². The Bertz CT molecular complexity index is 928. The fraction of sp³-hybridized carbons (Fsp3) is 0.524. The zero-order chi connectivity index (χ0) is 20.3. The highest BCUT2D eigenvalue weighted by molar-refractivity contribution is 9.10. The van der Waals surface area contributed by atoms with Crippen LogP contribution in [0.25, 0.3) is 22.0 Å². The molecule has 0 bridgehead atoms. The fourth-order valence-electron chi connectivity index (χ4n) is 3.31. The first-order chi connectivity index (χ1) is 13.3. The SMILES string of the molecule is CCCC(C)n1cc(-c2cnn(COCCS(C)(C)C)c2)c2cc(Br)ncc21. The van der Waals surface area contributed by atoms with E-state index >= 15 is 0 Å². The van der Waals surface area contributed by atoms with E-state index in [1.54, 1.807) is 0 Å². The largest absolute Gasteiger partial charge is 0.358 e. The average molecular weight is 467 g/mol. The molecule has 3 aromatic rings. The third kappa shape index (κ3) is 5.19. The van der Waals surface area contributed by atoms with Gasteiger partial charge in [0, 0.05) is 40.7 Å². The van der Waals surface area contributed by atoms with E-state index < -0.39 is 10.0 Å². The van der Waals surface area contributed by atoms with Gasteiger partial charge in [-0.2, -0.15) is 5.10 Å². The molecule has 0 aliphatic carbocycles. The van der Waals surface area contributed by atoms with Crippen molar-refractivity contribution in [1.29, 1.82) is 0 Å². The molecule has 3 aromatic heterocycles. The molecule has 1 atom stereocenters.